The van der Waals surface area contributed by atoms with Crippen molar-refractivity contribution in [1.82, 2.24) is 0 Å². The average molecular weight is 246 g/mol. The number of carbonyl (C=O) groups excluding carboxylic acids is 2. The molecule has 0 radical (unpaired) electrons. The van der Waals surface area contributed by atoms with Gasteiger partial charge in [-0.2, -0.15) is 0 Å². The molecule has 0 N–H and O–H groups in total. The third-order valence-corrected chi connectivity index (χ3v) is 3.42. The number of rotatable bonds is 5. The maximum absolute atomic E-state index is 11.4. The molecule has 0 fully saturated rings. The molecule has 1 atom stereocenters. The molecule has 0 saturated heterocycles. The molecule has 0 aromatic heterocycles. The number of cyclic esters (lactones) is 2. The van der Waals surface area contributed by atoms with Gasteiger partial charge in [-0.15, -0.1) is 0 Å². The van der Waals surface area contributed by atoms with Gasteiger partial charge in [-0.1, -0.05) is 32.8 Å². The van der Waals surface area contributed by atoms with Gasteiger partial charge in [-0.3, -0.25) is 0 Å². The van der Waals surface area contributed by atoms with Gasteiger partial charge in [0.2, 0.25) is 0 Å². The van der Waals surface area contributed by atoms with Gasteiger partial charge in [0.05, 0.1) is 11.1 Å². The molecule has 96 valence electrons. The Hall–Kier alpha value is -1.64. The highest BCUT2D eigenvalue weighted by atomic mass is 16.6. The van der Waals surface area contributed by atoms with E-state index < -0.39 is 11.9 Å². The molecule has 1 unspecified atom stereocenters. The van der Waals surface area contributed by atoms with E-state index in [0.717, 1.165) is 18.4 Å². The van der Waals surface area contributed by atoms with Crippen molar-refractivity contribution in [3.05, 3.63) is 34.9 Å². The third kappa shape index (κ3) is 2.61. The Balaban J connectivity index is 2.06. The van der Waals surface area contributed by atoms with Crippen LogP contribution in [0.1, 0.15) is 59.4 Å². The maximum atomic E-state index is 11.4. The van der Waals surface area contributed by atoms with Crippen molar-refractivity contribution in [2.45, 2.75) is 39.5 Å². The van der Waals surface area contributed by atoms with Crippen LogP contribution in [0, 0.1) is 5.92 Å². The van der Waals surface area contributed by atoms with Gasteiger partial charge >= 0.3 is 11.9 Å². The molecular weight excluding hydrogens is 228 g/mol. The van der Waals surface area contributed by atoms with E-state index in [1.54, 1.807) is 12.1 Å². The lowest BCUT2D eigenvalue weighted by Gasteiger charge is -2.09. The van der Waals surface area contributed by atoms with E-state index in [-0.39, 0.29) is 0 Å². The average Bonchev–Trinajstić information content (AvgIpc) is 2.63. The standard InChI is InChI=1S/C15H18O3/c1-3-4-10(2)5-6-11-7-8-12-13(9-11)15(17)18-14(12)16/h7-10H,3-6H2,1-2H3. The highest BCUT2D eigenvalue weighted by Crippen LogP contribution is 2.23. The van der Waals surface area contributed by atoms with Crippen LogP contribution in [-0.2, 0) is 11.2 Å². The largest absolute Gasteiger partial charge is 0.386 e. The van der Waals surface area contributed by atoms with Crippen molar-refractivity contribution in [1.29, 1.82) is 0 Å². The van der Waals surface area contributed by atoms with E-state index >= 15 is 0 Å². The zero-order chi connectivity index (χ0) is 13.1. The molecule has 1 aromatic rings. The van der Waals surface area contributed by atoms with Crippen molar-refractivity contribution >= 4 is 11.9 Å². The summed E-state index contributed by atoms with van der Waals surface area (Å²) in [5.41, 5.74) is 1.91. The van der Waals surface area contributed by atoms with Crippen LogP contribution in [0.5, 0.6) is 0 Å². The van der Waals surface area contributed by atoms with Crippen LogP contribution in [0.25, 0.3) is 0 Å². The highest BCUT2D eigenvalue weighted by Gasteiger charge is 2.29. The summed E-state index contributed by atoms with van der Waals surface area (Å²) in [5, 5.41) is 0. The highest BCUT2D eigenvalue weighted by molar-refractivity contribution is 6.14. The number of aryl methyl sites for hydroxylation is 1. The molecular formula is C15H18O3. The van der Waals surface area contributed by atoms with Gasteiger partial charge in [-0.05, 0) is 36.5 Å². The van der Waals surface area contributed by atoms with Crippen LogP contribution in [0.3, 0.4) is 0 Å². The molecule has 1 aliphatic heterocycles. The van der Waals surface area contributed by atoms with Crippen LogP contribution in [0.2, 0.25) is 0 Å². The van der Waals surface area contributed by atoms with Gasteiger partial charge in [0.1, 0.15) is 0 Å². The fraction of sp³-hybridized carbons (Fsp3) is 0.467. The molecule has 1 aliphatic rings. The first-order chi connectivity index (χ1) is 8.61. The first-order valence-corrected chi connectivity index (χ1v) is 6.51. The zero-order valence-corrected chi connectivity index (χ0v) is 10.9. The Morgan fingerprint density at radius 2 is 1.83 bits per heavy atom. The number of esters is 2. The molecule has 2 rings (SSSR count). The van der Waals surface area contributed by atoms with Crippen molar-refractivity contribution < 1.29 is 14.3 Å². The monoisotopic (exact) mass is 246 g/mol. The molecule has 0 spiro atoms. The molecule has 3 heteroatoms. The number of hydrogen-bond acceptors (Lipinski definition) is 3. The Morgan fingerprint density at radius 1 is 1.11 bits per heavy atom. The zero-order valence-electron chi connectivity index (χ0n) is 10.9. The lowest BCUT2D eigenvalue weighted by Crippen LogP contribution is -1.99. The summed E-state index contributed by atoms with van der Waals surface area (Å²) < 4.78 is 4.57. The van der Waals surface area contributed by atoms with Gasteiger partial charge in [0, 0.05) is 0 Å². The quantitative estimate of drug-likeness (QED) is 0.591. The first kappa shape index (κ1) is 12.8. The van der Waals surface area contributed by atoms with E-state index in [2.05, 4.69) is 18.6 Å². The Bertz CT molecular complexity index is 477. The Labute approximate surface area is 107 Å². The van der Waals surface area contributed by atoms with E-state index in [9.17, 15) is 9.59 Å². The molecule has 0 saturated carbocycles. The minimum atomic E-state index is -0.527. The summed E-state index contributed by atoms with van der Waals surface area (Å²) in [5.74, 6) is -0.351. The Morgan fingerprint density at radius 3 is 2.56 bits per heavy atom. The second kappa shape index (κ2) is 5.34. The molecule has 0 aliphatic carbocycles. The second-order valence-corrected chi connectivity index (χ2v) is 4.99. The Kier molecular flexibility index (Phi) is 3.80. The SMILES string of the molecule is CCCC(C)CCc1ccc2c(c1)C(=O)OC2=O. The van der Waals surface area contributed by atoms with Crippen molar-refractivity contribution in [3.8, 4) is 0 Å². The van der Waals surface area contributed by atoms with Crippen molar-refractivity contribution in [2.75, 3.05) is 0 Å². The van der Waals surface area contributed by atoms with Crippen molar-refractivity contribution in [2.24, 2.45) is 5.92 Å². The van der Waals surface area contributed by atoms with Gasteiger partial charge in [0.25, 0.3) is 0 Å². The number of carbonyl (C=O) groups is 2. The lowest BCUT2D eigenvalue weighted by atomic mass is 9.95. The smallest absolute Gasteiger partial charge is 0.346 e. The van der Waals surface area contributed by atoms with Gasteiger partial charge < -0.3 is 4.74 Å². The van der Waals surface area contributed by atoms with Gasteiger partial charge in [0.15, 0.2) is 0 Å². The molecule has 0 amide bonds. The summed E-state index contributed by atoms with van der Waals surface area (Å²) in [4.78, 5) is 22.7. The predicted molar refractivity (Wildman–Crippen MR) is 68.6 cm³/mol. The normalized spacial score (nSPS) is 15.4. The topological polar surface area (TPSA) is 43.4 Å². The van der Waals surface area contributed by atoms with Crippen LogP contribution < -0.4 is 0 Å². The summed E-state index contributed by atoms with van der Waals surface area (Å²) in [7, 11) is 0. The lowest BCUT2D eigenvalue weighted by molar-refractivity contribution is 0.0444. The molecule has 1 aromatic carbocycles. The van der Waals surface area contributed by atoms with E-state index in [4.69, 9.17) is 0 Å². The summed E-state index contributed by atoms with van der Waals surface area (Å²) >= 11 is 0. The number of ether oxygens (including phenoxy) is 1. The molecule has 0 bridgehead atoms. The van der Waals surface area contributed by atoms with Crippen LogP contribution >= 0.6 is 0 Å². The minimum Gasteiger partial charge on any atom is -0.386 e. The van der Waals surface area contributed by atoms with E-state index in [1.165, 1.54) is 12.8 Å². The predicted octanol–water partition coefficient (Wildman–Crippen LogP) is 3.37. The number of hydrogen-bond donors (Lipinski definition) is 0. The minimum absolute atomic E-state index is 0.394. The van der Waals surface area contributed by atoms with Crippen LogP contribution in [0.4, 0.5) is 0 Å². The fourth-order valence-corrected chi connectivity index (χ4v) is 2.34. The first-order valence-electron chi connectivity index (χ1n) is 6.51. The maximum Gasteiger partial charge on any atom is 0.346 e. The van der Waals surface area contributed by atoms with E-state index in [0.29, 0.717) is 17.0 Å². The molecule has 3 nitrogen and oxygen atoms in total. The second-order valence-electron chi connectivity index (χ2n) is 4.99. The summed E-state index contributed by atoms with van der Waals surface area (Å²) in [6.45, 7) is 4.43. The molecule has 1 heterocycles. The molecule has 18 heavy (non-hydrogen) atoms. The number of fused-ring (bicyclic) bond motifs is 1. The third-order valence-electron chi connectivity index (χ3n) is 3.42. The fourth-order valence-electron chi connectivity index (χ4n) is 2.34. The summed E-state index contributed by atoms with van der Waals surface area (Å²) in [6, 6.07) is 5.40. The van der Waals surface area contributed by atoms with Gasteiger partial charge in [-0.25, -0.2) is 9.59 Å². The summed E-state index contributed by atoms with van der Waals surface area (Å²) in [6.07, 6.45) is 4.48. The number of benzene rings is 1. The van der Waals surface area contributed by atoms with Crippen LogP contribution in [0.15, 0.2) is 18.2 Å². The van der Waals surface area contributed by atoms with Crippen molar-refractivity contribution in [3.63, 3.8) is 0 Å². The van der Waals surface area contributed by atoms with E-state index in [1.807, 2.05) is 6.07 Å². The van der Waals surface area contributed by atoms with Crippen LogP contribution in [-0.4, -0.2) is 11.9 Å².